The molecule has 0 radical (unpaired) electrons. The summed E-state index contributed by atoms with van der Waals surface area (Å²) in [5.41, 5.74) is 19.3. The summed E-state index contributed by atoms with van der Waals surface area (Å²) < 4.78 is 41.9. The van der Waals surface area contributed by atoms with Gasteiger partial charge in [-0.3, -0.25) is 4.18 Å². The highest BCUT2D eigenvalue weighted by atomic mass is 32.2. The molecule has 0 aliphatic carbocycles. The molecule has 2 aromatic carbocycles. The highest BCUT2D eigenvalue weighted by Gasteiger charge is 2.29. The molecule has 35 heavy (non-hydrogen) atoms. The summed E-state index contributed by atoms with van der Waals surface area (Å²) in [6, 6.07) is 18.2. The van der Waals surface area contributed by atoms with Gasteiger partial charge in [0.1, 0.15) is 18.3 Å². The van der Waals surface area contributed by atoms with Crippen molar-refractivity contribution in [2.75, 3.05) is 18.9 Å². The molecule has 9 nitrogen and oxygen atoms in total. The number of primary amides is 1. The topological polar surface area (TPSA) is 157 Å². The van der Waals surface area contributed by atoms with Crippen LogP contribution in [0.15, 0.2) is 60.7 Å². The Kier molecular flexibility index (Phi) is 11.6. The molecule has 0 heterocycles. The predicted octanol–water partition coefficient (Wildman–Crippen LogP) is 2.50. The summed E-state index contributed by atoms with van der Waals surface area (Å²) in [5.74, 6) is -0.244. The minimum atomic E-state index is -3.82. The number of hydrogen-bond acceptors (Lipinski definition) is 8. The molecule has 10 heteroatoms. The van der Waals surface area contributed by atoms with Crippen LogP contribution in [0.4, 0.5) is 4.79 Å². The first-order chi connectivity index (χ1) is 16.6. The summed E-state index contributed by atoms with van der Waals surface area (Å²) in [4.78, 5) is 11.5. The number of carbonyl (C=O) groups excluding carboxylic acids is 1. The molecule has 1 amide bonds. The number of hydrogen-bond donors (Lipinski definition) is 3. The maximum atomic E-state index is 12.6. The molecule has 0 bridgehead atoms. The molecule has 4 atom stereocenters. The van der Waals surface area contributed by atoms with Gasteiger partial charge in [-0.05, 0) is 23.5 Å². The second-order valence-electron chi connectivity index (χ2n) is 8.86. The molecule has 0 saturated carbocycles. The lowest BCUT2D eigenvalue weighted by molar-refractivity contribution is -0.0604. The van der Waals surface area contributed by atoms with Crippen molar-refractivity contribution in [1.29, 1.82) is 0 Å². The molecule has 4 unspecified atom stereocenters. The molecule has 6 N–H and O–H groups in total. The van der Waals surface area contributed by atoms with E-state index in [0.717, 1.165) is 11.1 Å². The second-order valence-corrected chi connectivity index (χ2v) is 10.5. The van der Waals surface area contributed by atoms with Crippen molar-refractivity contribution in [3.63, 3.8) is 0 Å². The maximum absolute atomic E-state index is 12.6. The maximum Gasteiger partial charge on any atom is 0.404 e. The van der Waals surface area contributed by atoms with Crippen LogP contribution in [0.5, 0.6) is 0 Å². The molecular formula is C25H37N3O6S. The number of rotatable bonds is 15. The normalized spacial score (nSPS) is 15.3. The Morgan fingerprint density at radius 3 is 2.11 bits per heavy atom. The van der Waals surface area contributed by atoms with Gasteiger partial charge < -0.3 is 26.7 Å². The summed E-state index contributed by atoms with van der Waals surface area (Å²) in [6.45, 7) is 3.48. The quantitative estimate of drug-likeness (QED) is 0.310. The fourth-order valence-corrected chi connectivity index (χ4v) is 5.16. The Morgan fingerprint density at radius 1 is 0.971 bits per heavy atom. The van der Waals surface area contributed by atoms with E-state index in [-0.39, 0.29) is 31.2 Å². The summed E-state index contributed by atoms with van der Waals surface area (Å²) in [5, 5.41) is 0. The van der Waals surface area contributed by atoms with E-state index in [1.54, 1.807) is 13.8 Å². The van der Waals surface area contributed by atoms with Crippen LogP contribution in [0.25, 0.3) is 0 Å². The zero-order valence-corrected chi connectivity index (χ0v) is 21.1. The van der Waals surface area contributed by atoms with E-state index in [1.807, 2.05) is 60.7 Å². The molecule has 0 aromatic heterocycles. The molecule has 0 saturated heterocycles. The monoisotopic (exact) mass is 507 g/mol. The molecule has 0 aliphatic rings. The van der Waals surface area contributed by atoms with Crippen LogP contribution in [0.2, 0.25) is 0 Å². The fraction of sp³-hybridized carbons (Fsp3) is 0.480. The summed E-state index contributed by atoms with van der Waals surface area (Å²) in [7, 11) is -3.82. The SMILES string of the molecule is CC(C)CS(=O)(=O)OC(COC(CN)C(Cc1ccccc1)OC(N)=O)CC(N)c1ccccc1. The smallest absolute Gasteiger partial charge is 0.404 e. The van der Waals surface area contributed by atoms with E-state index in [0.29, 0.717) is 6.42 Å². The average molecular weight is 508 g/mol. The van der Waals surface area contributed by atoms with Crippen molar-refractivity contribution in [2.24, 2.45) is 23.1 Å². The lowest BCUT2D eigenvalue weighted by Gasteiger charge is -2.28. The summed E-state index contributed by atoms with van der Waals surface area (Å²) >= 11 is 0. The number of ether oxygens (including phenoxy) is 2. The molecule has 2 rings (SSSR count). The largest absolute Gasteiger partial charge is 0.443 e. The zero-order valence-electron chi connectivity index (χ0n) is 20.3. The molecule has 0 aliphatic heterocycles. The number of benzene rings is 2. The van der Waals surface area contributed by atoms with Crippen molar-refractivity contribution in [1.82, 2.24) is 0 Å². The Morgan fingerprint density at radius 2 is 1.57 bits per heavy atom. The van der Waals surface area contributed by atoms with Gasteiger partial charge in [0.25, 0.3) is 10.1 Å². The van der Waals surface area contributed by atoms with Gasteiger partial charge >= 0.3 is 6.09 Å². The first-order valence-electron chi connectivity index (χ1n) is 11.6. The second kappa shape index (κ2) is 14.2. The predicted molar refractivity (Wildman–Crippen MR) is 135 cm³/mol. The van der Waals surface area contributed by atoms with E-state index in [2.05, 4.69) is 0 Å². The standard InChI is InChI=1S/C25H37N3O6S/c1-18(2)17-35(30,31)34-21(14-22(27)20-11-7-4-8-12-20)16-32-24(15-26)23(33-25(28)29)13-19-9-5-3-6-10-19/h3-12,18,21-24H,13-17,26-27H2,1-2H3,(H2,28,29). The van der Waals surface area contributed by atoms with E-state index in [9.17, 15) is 13.2 Å². The lowest BCUT2D eigenvalue weighted by Crippen LogP contribution is -2.43. The first kappa shape index (κ1) is 28.7. The van der Waals surface area contributed by atoms with Crippen molar-refractivity contribution >= 4 is 16.2 Å². The Hall–Kier alpha value is -2.50. The average Bonchev–Trinajstić information content (AvgIpc) is 2.79. The van der Waals surface area contributed by atoms with Crippen LogP contribution in [-0.4, -0.2) is 51.7 Å². The van der Waals surface area contributed by atoms with Crippen LogP contribution in [-0.2, 0) is 30.2 Å². The van der Waals surface area contributed by atoms with Gasteiger partial charge in [0.15, 0.2) is 0 Å². The van der Waals surface area contributed by atoms with Crippen LogP contribution in [0.1, 0.15) is 37.4 Å². The van der Waals surface area contributed by atoms with Crippen LogP contribution >= 0.6 is 0 Å². The Bertz CT molecular complexity index is 989. The third kappa shape index (κ3) is 10.7. The van der Waals surface area contributed by atoms with E-state index >= 15 is 0 Å². The van der Waals surface area contributed by atoms with Crippen LogP contribution < -0.4 is 17.2 Å². The minimum absolute atomic E-state index is 0.0149. The van der Waals surface area contributed by atoms with Gasteiger partial charge in [0.05, 0.1) is 12.4 Å². The third-order valence-corrected chi connectivity index (χ3v) is 6.90. The van der Waals surface area contributed by atoms with Gasteiger partial charge in [-0.25, -0.2) is 4.79 Å². The molecular weight excluding hydrogens is 470 g/mol. The zero-order chi connectivity index (χ0) is 25.8. The van der Waals surface area contributed by atoms with Crippen molar-refractivity contribution in [3.05, 3.63) is 71.8 Å². The van der Waals surface area contributed by atoms with E-state index < -0.39 is 40.6 Å². The third-order valence-electron chi connectivity index (χ3n) is 5.26. The van der Waals surface area contributed by atoms with Crippen molar-refractivity contribution in [3.8, 4) is 0 Å². The molecule has 194 valence electrons. The van der Waals surface area contributed by atoms with Gasteiger partial charge in [-0.15, -0.1) is 0 Å². The number of carbonyl (C=O) groups is 1. The highest BCUT2D eigenvalue weighted by molar-refractivity contribution is 7.86. The first-order valence-corrected chi connectivity index (χ1v) is 13.2. The van der Waals surface area contributed by atoms with Crippen LogP contribution in [0.3, 0.4) is 0 Å². The molecule has 2 aromatic rings. The summed E-state index contributed by atoms with van der Waals surface area (Å²) in [6.07, 6.45) is -2.81. The van der Waals surface area contributed by atoms with E-state index in [4.69, 9.17) is 30.9 Å². The fourth-order valence-electron chi connectivity index (χ4n) is 3.71. The molecule has 0 fully saturated rings. The van der Waals surface area contributed by atoms with Crippen LogP contribution in [0, 0.1) is 5.92 Å². The van der Waals surface area contributed by atoms with Gasteiger partial charge in [0, 0.05) is 19.0 Å². The lowest BCUT2D eigenvalue weighted by atomic mass is 10.0. The van der Waals surface area contributed by atoms with Gasteiger partial charge in [-0.2, -0.15) is 8.42 Å². The highest BCUT2D eigenvalue weighted by Crippen LogP contribution is 2.21. The minimum Gasteiger partial charge on any atom is -0.443 e. The molecule has 0 spiro atoms. The Balaban J connectivity index is 2.17. The van der Waals surface area contributed by atoms with E-state index in [1.165, 1.54) is 0 Å². The van der Waals surface area contributed by atoms with Gasteiger partial charge in [0.2, 0.25) is 0 Å². The van der Waals surface area contributed by atoms with Gasteiger partial charge in [-0.1, -0.05) is 74.5 Å². The number of nitrogens with two attached hydrogens (primary N) is 3. The number of amides is 1. The Labute approximate surface area is 208 Å². The van der Waals surface area contributed by atoms with Crippen molar-refractivity contribution < 1.29 is 26.9 Å². The van der Waals surface area contributed by atoms with Crippen molar-refractivity contribution in [2.45, 2.75) is 51.0 Å².